The smallest absolute Gasteiger partial charge is 0.303 e. The van der Waals surface area contributed by atoms with Gasteiger partial charge in [-0.3, -0.25) is 4.79 Å². The highest BCUT2D eigenvalue weighted by Crippen LogP contribution is 2.32. The second kappa shape index (κ2) is 9.11. The van der Waals surface area contributed by atoms with E-state index in [9.17, 15) is 4.79 Å². The summed E-state index contributed by atoms with van der Waals surface area (Å²) in [4.78, 5) is 14.0. The van der Waals surface area contributed by atoms with Gasteiger partial charge in [-0.15, -0.1) is 0 Å². The molecule has 1 aromatic heterocycles. The average molecular weight is 428 g/mol. The number of carboxylic acid groups (broad SMARTS) is 1. The van der Waals surface area contributed by atoms with Gasteiger partial charge in [0.15, 0.2) is 0 Å². The lowest BCUT2D eigenvalue weighted by Crippen LogP contribution is -2.15. The van der Waals surface area contributed by atoms with Crippen molar-refractivity contribution in [2.45, 2.75) is 45.1 Å². The van der Waals surface area contributed by atoms with Crippen LogP contribution >= 0.6 is 11.6 Å². The quantitative estimate of drug-likeness (QED) is 0.513. The summed E-state index contributed by atoms with van der Waals surface area (Å²) >= 11 is 6.45. The fourth-order valence-corrected chi connectivity index (χ4v) is 4.45. The van der Waals surface area contributed by atoms with Crippen LogP contribution in [0, 0.1) is 6.92 Å². The Labute approximate surface area is 181 Å². The molecule has 4 rings (SSSR count). The van der Waals surface area contributed by atoms with Gasteiger partial charge in [-0.05, 0) is 67.0 Å². The molecule has 0 radical (unpaired) electrons. The van der Waals surface area contributed by atoms with Crippen molar-refractivity contribution in [1.29, 1.82) is 0 Å². The van der Waals surface area contributed by atoms with Crippen LogP contribution < -0.4 is 4.74 Å². The zero-order valence-corrected chi connectivity index (χ0v) is 17.8. The number of rotatable bonds is 7. The zero-order chi connectivity index (χ0) is 21.1. The van der Waals surface area contributed by atoms with Gasteiger partial charge in [-0.2, -0.15) is 0 Å². The molecule has 1 aliphatic rings. The Morgan fingerprint density at radius 1 is 1.23 bits per heavy atom. The molecule has 0 spiro atoms. The number of aromatic amines is 1. The molecule has 2 N–H and O–H groups in total. The number of nitrogens with one attached hydrogen (secondary N) is 1. The molecular weight excluding hydrogens is 402 g/mol. The highest BCUT2D eigenvalue weighted by atomic mass is 35.5. The van der Waals surface area contributed by atoms with Crippen molar-refractivity contribution in [3.63, 3.8) is 0 Å². The van der Waals surface area contributed by atoms with Gasteiger partial charge in [0.25, 0.3) is 0 Å². The van der Waals surface area contributed by atoms with E-state index in [1.165, 1.54) is 11.1 Å². The van der Waals surface area contributed by atoms with Gasteiger partial charge in [0.1, 0.15) is 12.4 Å². The number of carbonyl (C=O) groups is 1. The van der Waals surface area contributed by atoms with Crippen molar-refractivity contribution in [1.82, 2.24) is 4.98 Å². The maximum atomic E-state index is 10.8. The first kappa shape index (κ1) is 20.8. The lowest BCUT2D eigenvalue weighted by atomic mass is 9.88. The normalized spacial score (nSPS) is 14.9. The molecular formula is C24H26ClNO4. The third-order valence-corrected chi connectivity index (χ3v) is 6.20. The maximum absolute atomic E-state index is 10.8. The molecule has 0 unspecified atom stereocenters. The molecule has 0 bridgehead atoms. The number of hydrogen-bond acceptors (Lipinski definition) is 3. The highest BCUT2D eigenvalue weighted by Gasteiger charge is 2.18. The topological polar surface area (TPSA) is 71.6 Å². The summed E-state index contributed by atoms with van der Waals surface area (Å²) in [6, 6.07) is 12.3. The van der Waals surface area contributed by atoms with E-state index in [0.29, 0.717) is 24.0 Å². The summed E-state index contributed by atoms with van der Waals surface area (Å²) in [6.45, 7) is 4.33. The van der Waals surface area contributed by atoms with Gasteiger partial charge in [0.2, 0.25) is 0 Å². The average Bonchev–Trinajstić information content (AvgIpc) is 3.06. The van der Waals surface area contributed by atoms with E-state index in [1.54, 1.807) is 0 Å². The standard InChI is InChI=1S/C24H26ClNO4/c1-15-12-16(2-4-19(15)17-8-10-29-11-9-17)14-30-18-3-5-21-20(13-18)24(25)22(26-21)6-7-23(27)28/h2-5,12-13,17,26H,6-11,14H2,1H3,(H,27,28). The Bertz CT molecular complexity index is 1050. The predicted octanol–water partition coefficient (Wildman–Crippen LogP) is 5.62. The summed E-state index contributed by atoms with van der Waals surface area (Å²) in [5, 5.41) is 10.3. The van der Waals surface area contributed by atoms with Crippen LogP contribution in [0.3, 0.4) is 0 Å². The number of fused-ring (bicyclic) bond motifs is 1. The number of ether oxygens (including phenoxy) is 2. The molecule has 1 saturated heterocycles. The molecule has 0 aliphatic carbocycles. The van der Waals surface area contributed by atoms with Crippen molar-refractivity contribution < 1.29 is 19.4 Å². The minimum absolute atomic E-state index is 0.0408. The fourth-order valence-electron chi connectivity index (χ4n) is 4.15. The first-order valence-corrected chi connectivity index (χ1v) is 10.7. The summed E-state index contributed by atoms with van der Waals surface area (Å²) in [5.74, 6) is 0.480. The molecule has 2 heterocycles. The third-order valence-electron chi connectivity index (χ3n) is 5.77. The van der Waals surface area contributed by atoms with Crippen LogP contribution in [-0.4, -0.2) is 29.3 Å². The van der Waals surface area contributed by atoms with E-state index in [1.807, 2.05) is 18.2 Å². The lowest BCUT2D eigenvalue weighted by molar-refractivity contribution is -0.136. The Kier molecular flexibility index (Phi) is 6.30. The van der Waals surface area contributed by atoms with Crippen LogP contribution in [0.15, 0.2) is 36.4 Å². The molecule has 2 aromatic carbocycles. The Morgan fingerprint density at radius 2 is 2.03 bits per heavy atom. The highest BCUT2D eigenvalue weighted by molar-refractivity contribution is 6.36. The van der Waals surface area contributed by atoms with E-state index in [-0.39, 0.29) is 6.42 Å². The minimum atomic E-state index is -0.841. The fraction of sp³-hybridized carbons (Fsp3) is 0.375. The van der Waals surface area contributed by atoms with Crippen LogP contribution in [0.5, 0.6) is 5.75 Å². The monoisotopic (exact) mass is 427 g/mol. The van der Waals surface area contributed by atoms with Crippen molar-refractivity contribution in [2.75, 3.05) is 13.2 Å². The minimum Gasteiger partial charge on any atom is -0.489 e. The van der Waals surface area contributed by atoms with Crippen LogP contribution in [-0.2, 0) is 22.6 Å². The molecule has 1 fully saturated rings. The van der Waals surface area contributed by atoms with Gasteiger partial charge < -0.3 is 19.6 Å². The van der Waals surface area contributed by atoms with Crippen LogP contribution in [0.2, 0.25) is 5.02 Å². The SMILES string of the molecule is Cc1cc(COc2ccc3[nH]c(CCC(=O)O)c(Cl)c3c2)ccc1C1CCOCC1. The first-order chi connectivity index (χ1) is 14.5. The second-order valence-corrected chi connectivity index (χ2v) is 8.26. The number of carboxylic acids is 1. The summed E-state index contributed by atoms with van der Waals surface area (Å²) in [5.41, 5.74) is 5.47. The second-order valence-electron chi connectivity index (χ2n) is 7.88. The number of H-pyrrole nitrogens is 1. The first-order valence-electron chi connectivity index (χ1n) is 10.3. The van der Waals surface area contributed by atoms with E-state index >= 15 is 0 Å². The van der Waals surface area contributed by atoms with Crippen LogP contribution in [0.25, 0.3) is 10.9 Å². The van der Waals surface area contributed by atoms with Crippen molar-refractivity contribution in [3.05, 3.63) is 63.8 Å². The predicted molar refractivity (Wildman–Crippen MR) is 118 cm³/mol. The zero-order valence-electron chi connectivity index (χ0n) is 17.0. The van der Waals surface area contributed by atoms with E-state index in [2.05, 4.69) is 30.1 Å². The van der Waals surface area contributed by atoms with Crippen LogP contribution in [0.1, 0.15) is 47.6 Å². The molecule has 6 heteroatoms. The van der Waals surface area contributed by atoms with Gasteiger partial charge >= 0.3 is 5.97 Å². The van der Waals surface area contributed by atoms with E-state index in [0.717, 1.165) is 54.0 Å². The third kappa shape index (κ3) is 4.63. The number of aryl methyl sites for hydroxylation is 2. The van der Waals surface area contributed by atoms with Crippen molar-refractivity contribution in [3.8, 4) is 5.75 Å². The number of benzene rings is 2. The van der Waals surface area contributed by atoms with E-state index < -0.39 is 5.97 Å². The Morgan fingerprint density at radius 3 is 2.77 bits per heavy atom. The Balaban J connectivity index is 1.44. The number of hydrogen-bond donors (Lipinski definition) is 2. The molecule has 1 aliphatic heterocycles. The Hall–Kier alpha value is -2.50. The lowest BCUT2D eigenvalue weighted by Gasteiger charge is -2.24. The summed E-state index contributed by atoms with van der Waals surface area (Å²) in [7, 11) is 0. The molecule has 0 amide bonds. The van der Waals surface area contributed by atoms with Crippen molar-refractivity contribution in [2.24, 2.45) is 0 Å². The van der Waals surface area contributed by atoms with Gasteiger partial charge in [-0.1, -0.05) is 29.8 Å². The van der Waals surface area contributed by atoms with Gasteiger partial charge in [0.05, 0.1) is 11.4 Å². The number of aliphatic carboxylic acids is 1. The van der Waals surface area contributed by atoms with Crippen molar-refractivity contribution >= 4 is 28.5 Å². The van der Waals surface area contributed by atoms with Gasteiger partial charge in [-0.25, -0.2) is 0 Å². The summed E-state index contributed by atoms with van der Waals surface area (Å²) < 4.78 is 11.5. The van der Waals surface area contributed by atoms with E-state index in [4.69, 9.17) is 26.2 Å². The van der Waals surface area contributed by atoms with Gasteiger partial charge in [0, 0.05) is 29.8 Å². The molecule has 158 valence electrons. The molecule has 0 atom stereocenters. The molecule has 30 heavy (non-hydrogen) atoms. The molecule has 0 saturated carbocycles. The van der Waals surface area contributed by atoms with Crippen LogP contribution in [0.4, 0.5) is 0 Å². The summed E-state index contributed by atoms with van der Waals surface area (Å²) in [6.07, 6.45) is 2.59. The maximum Gasteiger partial charge on any atom is 0.303 e. The number of halogens is 1. The molecule has 3 aromatic rings. The molecule has 5 nitrogen and oxygen atoms in total. The number of aromatic nitrogens is 1. The largest absolute Gasteiger partial charge is 0.489 e.